The predicted octanol–water partition coefficient (Wildman–Crippen LogP) is -0.303. The zero-order valence-electron chi connectivity index (χ0n) is 12.7. The molecule has 0 aromatic rings. The summed E-state index contributed by atoms with van der Waals surface area (Å²) in [4.78, 5) is 30.0. The van der Waals surface area contributed by atoms with Gasteiger partial charge >= 0.3 is 17.9 Å². The molecule has 0 saturated carbocycles. The van der Waals surface area contributed by atoms with E-state index in [2.05, 4.69) is 0 Å². The molecule has 0 radical (unpaired) electrons. The summed E-state index contributed by atoms with van der Waals surface area (Å²) in [6.07, 6.45) is 3.20. The minimum Gasteiger partial charge on any atom is -0.481 e. The van der Waals surface area contributed by atoms with Crippen LogP contribution in [0.25, 0.3) is 0 Å². The molecule has 0 fully saturated rings. The Kier molecular flexibility index (Phi) is 13.9. The molecule has 0 bridgehead atoms. The quantitative estimate of drug-likeness (QED) is 0.219. The van der Waals surface area contributed by atoms with E-state index < -0.39 is 36.5 Å². The minimum atomic E-state index is -1.15. The fourth-order valence-electron chi connectivity index (χ4n) is 1.42. The van der Waals surface area contributed by atoms with Gasteiger partial charge in [0.15, 0.2) is 0 Å². The smallest absolute Gasteiger partial charge is 0.327 e. The Hall–Kier alpha value is -1.97. The molecular weight excluding hydrogens is 312 g/mol. The highest BCUT2D eigenvalue weighted by atomic mass is 16.4. The molecule has 0 spiro atoms. The Balaban J connectivity index is 0. The van der Waals surface area contributed by atoms with Gasteiger partial charge in [-0.15, -0.1) is 0 Å². The molecule has 134 valence electrons. The van der Waals surface area contributed by atoms with Crippen molar-refractivity contribution in [3.05, 3.63) is 12.2 Å². The summed E-state index contributed by atoms with van der Waals surface area (Å²) >= 11 is 0. The van der Waals surface area contributed by atoms with Gasteiger partial charge in [0.1, 0.15) is 0 Å². The van der Waals surface area contributed by atoms with Gasteiger partial charge in [-0.05, 0) is 19.3 Å². The van der Waals surface area contributed by atoms with Gasteiger partial charge in [0.25, 0.3) is 0 Å². The van der Waals surface area contributed by atoms with E-state index in [9.17, 15) is 14.4 Å². The highest BCUT2D eigenvalue weighted by Crippen LogP contribution is 2.22. The van der Waals surface area contributed by atoms with Crippen LogP contribution in [0.2, 0.25) is 0 Å². The summed E-state index contributed by atoms with van der Waals surface area (Å²) in [7, 11) is 0. The van der Waals surface area contributed by atoms with Gasteiger partial charge in [-0.1, -0.05) is 6.08 Å². The fraction of sp³-hybridized carbons (Fsp3) is 0.643. The second kappa shape index (κ2) is 13.7. The van der Waals surface area contributed by atoms with Crippen LogP contribution in [-0.2, 0) is 14.4 Å². The van der Waals surface area contributed by atoms with E-state index in [-0.39, 0.29) is 25.9 Å². The molecule has 9 nitrogen and oxygen atoms in total. The maximum atomic E-state index is 10.2. The second-order valence-corrected chi connectivity index (χ2v) is 4.82. The van der Waals surface area contributed by atoms with Gasteiger partial charge in [0.2, 0.25) is 0 Å². The van der Waals surface area contributed by atoms with E-state index in [1.807, 2.05) is 0 Å². The zero-order chi connectivity index (χ0) is 18.3. The first-order valence-corrected chi connectivity index (χ1v) is 6.91. The first kappa shape index (κ1) is 23.3. The fourth-order valence-corrected chi connectivity index (χ4v) is 1.42. The number of hydrogen-bond donors (Lipinski definition) is 6. The normalized spacial score (nSPS) is 10.9. The zero-order valence-corrected chi connectivity index (χ0v) is 12.7. The van der Waals surface area contributed by atoms with Crippen molar-refractivity contribution >= 4 is 17.9 Å². The summed E-state index contributed by atoms with van der Waals surface area (Å²) in [6, 6.07) is 0. The number of rotatable bonds is 11. The van der Waals surface area contributed by atoms with E-state index in [4.69, 9.17) is 30.6 Å². The molecule has 0 aliphatic carbocycles. The summed E-state index contributed by atoms with van der Waals surface area (Å²) in [6.45, 7) is -1.01. The first-order chi connectivity index (χ1) is 10.7. The summed E-state index contributed by atoms with van der Waals surface area (Å²) in [5.74, 6) is -2.89. The molecule has 0 aromatic carbocycles. The van der Waals surface area contributed by atoms with Crippen LogP contribution in [0.5, 0.6) is 0 Å². The molecule has 9 heteroatoms. The molecule has 0 atom stereocenters. The molecule has 0 saturated heterocycles. The lowest BCUT2D eigenvalue weighted by atomic mass is 9.86. The molecule has 23 heavy (non-hydrogen) atoms. The van der Waals surface area contributed by atoms with Crippen LogP contribution < -0.4 is 0 Å². The second-order valence-electron chi connectivity index (χ2n) is 4.82. The van der Waals surface area contributed by atoms with Crippen molar-refractivity contribution < 1.29 is 45.0 Å². The van der Waals surface area contributed by atoms with E-state index in [0.717, 1.165) is 6.08 Å². The van der Waals surface area contributed by atoms with E-state index in [0.29, 0.717) is 12.8 Å². The first-order valence-electron chi connectivity index (χ1n) is 6.91. The molecule has 0 aliphatic heterocycles. The lowest BCUT2D eigenvalue weighted by Crippen LogP contribution is -2.29. The minimum absolute atomic E-state index is 0.0628. The maximum Gasteiger partial charge on any atom is 0.327 e. The lowest BCUT2D eigenvalue weighted by molar-refractivity contribution is -0.139. The van der Waals surface area contributed by atoms with Gasteiger partial charge in [-0.25, -0.2) is 4.79 Å². The van der Waals surface area contributed by atoms with Crippen LogP contribution in [-0.4, -0.2) is 68.4 Å². The number of aliphatic carboxylic acids is 3. The number of carbonyl (C=O) groups is 3. The van der Waals surface area contributed by atoms with Crippen LogP contribution in [0, 0.1) is 5.41 Å². The Bertz CT molecular complexity index is 370. The lowest BCUT2D eigenvalue weighted by Gasteiger charge is -2.24. The highest BCUT2D eigenvalue weighted by Gasteiger charge is 2.25. The van der Waals surface area contributed by atoms with Gasteiger partial charge < -0.3 is 30.6 Å². The van der Waals surface area contributed by atoms with Gasteiger partial charge in [-0.2, -0.15) is 0 Å². The van der Waals surface area contributed by atoms with Crippen molar-refractivity contribution in [2.45, 2.75) is 32.1 Å². The molecule has 0 amide bonds. The Morgan fingerprint density at radius 2 is 1.26 bits per heavy atom. The standard InChI is InChI=1S/C8H14O5.C6H10O4/c9-4-3-8(5-10,6-11)2-1-7(12)13;7-5(8)3-1-2-4-6(9)10/h1-2,9-11H,3-6H2,(H,12,13);1-4H2,(H,7,8)(H,9,10). The highest BCUT2D eigenvalue weighted by molar-refractivity contribution is 5.79. The molecule has 0 aromatic heterocycles. The number of hydrogen-bond acceptors (Lipinski definition) is 6. The Labute approximate surface area is 133 Å². The molecule has 6 N–H and O–H groups in total. The molecule has 0 aliphatic rings. The van der Waals surface area contributed by atoms with Crippen molar-refractivity contribution in [1.82, 2.24) is 0 Å². The number of aliphatic hydroxyl groups excluding tert-OH is 3. The number of aliphatic hydroxyl groups is 3. The monoisotopic (exact) mass is 336 g/mol. The number of carboxylic acids is 3. The third-order valence-electron chi connectivity index (χ3n) is 2.85. The van der Waals surface area contributed by atoms with Crippen molar-refractivity contribution in [2.24, 2.45) is 5.41 Å². The van der Waals surface area contributed by atoms with Crippen molar-refractivity contribution in [3.8, 4) is 0 Å². The largest absolute Gasteiger partial charge is 0.481 e. The van der Waals surface area contributed by atoms with E-state index in [1.54, 1.807) is 0 Å². The third kappa shape index (κ3) is 14.7. The van der Waals surface area contributed by atoms with Crippen LogP contribution in [0.3, 0.4) is 0 Å². The molecule has 0 rings (SSSR count). The number of carboxylic acid groups (broad SMARTS) is 3. The Morgan fingerprint density at radius 1 is 0.826 bits per heavy atom. The van der Waals surface area contributed by atoms with Gasteiger partial charge in [-0.3, -0.25) is 9.59 Å². The summed E-state index contributed by atoms with van der Waals surface area (Å²) < 4.78 is 0. The van der Waals surface area contributed by atoms with Gasteiger partial charge in [0.05, 0.1) is 13.2 Å². The van der Waals surface area contributed by atoms with Crippen molar-refractivity contribution in [1.29, 1.82) is 0 Å². The van der Waals surface area contributed by atoms with Gasteiger partial charge in [0, 0.05) is 30.9 Å². The van der Waals surface area contributed by atoms with Crippen molar-refractivity contribution in [3.63, 3.8) is 0 Å². The summed E-state index contributed by atoms with van der Waals surface area (Å²) in [5.41, 5.74) is -1.03. The average Bonchev–Trinajstić information content (AvgIpc) is 2.48. The maximum absolute atomic E-state index is 10.2. The summed E-state index contributed by atoms with van der Waals surface area (Å²) in [5, 5.41) is 51.0. The number of unbranched alkanes of at least 4 members (excludes halogenated alkanes) is 1. The van der Waals surface area contributed by atoms with Crippen molar-refractivity contribution in [2.75, 3.05) is 19.8 Å². The van der Waals surface area contributed by atoms with Crippen LogP contribution in [0.15, 0.2) is 12.2 Å². The van der Waals surface area contributed by atoms with Crippen LogP contribution >= 0.6 is 0 Å². The molecular formula is C14H24O9. The molecule has 0 heterocycles. The average molecular weight is 336 g/mol. The SMILES string of the molecule is O=C(O)C=CC(CO)(CO)CCO.O=C(O)CCCCC(=O)O. The topological polar surface area (TPSA) is 173 Å². The van der Waals surface area contributed by atoms with Crippen LogP contribution in [0.1, 0.15) is 32.1 Å². The molecule has 0 unspecified atom stereocenters. The third-order valence-corrected chi connectivity index (χ3v) is 2.85. The Morgan fingerprint density at radius 3 is 1.52 bits per heavy atom. The predicted molar refractivity (Wildman–Crippen MR) is 78.8 cm³/mol. The van der Waals surface area contributed by atoms with Crippen LogP contribution in [0.4, 0.5) is 0 Å². The van der Waals surface area contributed by atoms with E-state index in [1.165, 1.54) is 6.08 Å². The van der Waals surface area contributed by atoms with E-state index >= 15 is 0 Å².